The molecule has 0 spiro atoms. The van der Waals surface area contributed by atoms with E-state index in [0.717, 1.165) is 5.56 Å². The molecule has 1 aromatic rings. The molecule has 0 bridgehead atoms. The minimum absolute atomic E-state index is 0.130. The summed E-state index contributed by atoms with van der Waals surface area (Å²) in [5.74, 6) is -5.61. The van der Waals surface area contributed by atoms with Gasteiger partial charge in [0.1, 0.15) is 6.04 Å². The molecule has 7 N–H and O–H groups in total. The Morgan fingerprint density at radius 1 is 0.921 bits per heavy atom. The molecule has 38 heavy (non-hydrogen) atoms. The molecule has 0 aliphatic carbocycles. The van der Waals surface area contributed by atoms with Crippen LogP contribution >= 0.6 is 0 Å². The summed E-state index contributed by atoms with van der Waals surface area (Å²) in [5.41, 5.74) is 6.66. The minimum atomic E-state index is -1.41. The van der Waals surface area contributed by atoms with Crippen LogP contribution in [0.1, 0.15) is 40.2 Å². The van der Waals surface area contributed by atoms with Crippen molar-refractivity contribution in [3.63, 3.8) is 0 Å². The lowest BCUT2D eigenvalue weighted by atomic mass is 9.94. The predicted molar refractivity (Wildman–Crippen MR) is 137 cm³/mol. The fourth-order valence-corrected chi connectivity index (χ4v) is 3.31. The van der Waals surface area contributed by atoms with Crippen molar-refractivity contribution >= 4 is 23.8 Å². The Labute approximate surface area is 222 Å². The topological polar surface area (TPSA) is 198 Å². The van der Waals surface area contributed by atoms with Crippen LogP contribution in [-0.4, -0.2) is 82.6 Å². The molecule has 0 aliphatic rings. The number of carbonyl (C=O) groups is 4. The van der Waals surface area contributed by atoms with E-state index in [1.807, 2.05) is 30.3 Å². The number of nitrogens with one attached hydrogen (secondary N) is 2. The first-order chi connectivity index (χ1) is 17.8. The number of rotatable bonds is 16. The summed E-state index contributed by atoms with van der Waals surface area (Å²) in [6.45, 7) is 7.13. The summed E-state index contributed by atoms with van der Waals surface area (Å²) in [5, 5.41) is 34.2. The number of carbonyl (C=O) groups excluding carboxylic acids is 3. The van der Waals surface area contributed by atoms with Crippen molar-refractivity contribution in [2.75, 3.05) is 13.2 Å². The molecule has 1 aromatic carbocycles. The second-order valence-electron chi connectivity index (χ2n) is 9.78. The molecule has 214 valence electrons. The summed E-state index contributed by atoms with van der Waals surface area (Å²) in [6, 6.07) is 5.44. The van der Waals surface area contributed by atoms with E-state index in [2.05, 4.69) is 10.6 Å². The third-order valence-corrected chi connectivity index (χ3v) is 6.05. The molecule has 0 aromatic heterocycles. The maximum atomic E-state index is 13.0. The summed E-state index contributed by atoms with van der Waals surface area (Å²) in [7, 11) is 0. The molecule has 7 atom stereocenters. The largest absolute Gasteiger partial charge is 0.481 e. The molecule has 0 saturated carbocycles. The highest BCUT2D eigenvalue weighted by molar-refractivity contribution is 5.92. The number of carboxylic acids is 1. The highest BCUT2D eigenvalue weighted by Crippen LogP contribution is 2.14. The van der Waals surface area contributed by atoms with Crippen molar-refractivity contribution in [2.24, 2.45) is 23.5 Å². The second-order valence-corrected chi connectivity index (χ2v) is 9.78. The Morgan fingerprint density at radius 2 is 1.53 bits per heavy atom. The van der Waals surface area contributed by atoms with Crippen LogP contribution in [0, 0.1) is 17.8 Å². The lowest BCUT2D eigenvalue weighted by molar-refractivity contribution is -0.154. The van der Waals surface area contributed by atoms with Crippen LogP contribution in [0.3, 0.4) is 0 Å². The van der Waals surface area contributed by atoms with E-state index in [0.29, 0.717) is 0 Å². The molecule has 0 heterocycles. The number of aliphatic hydroxyl groups is 2. The summed E-state index contributed by atoms with van der Waals surface area (Å²) >= 11 is 0. The SMILES string of the molecule is CC(C)[C@H](N)C(=O)N[C@H](C(=O)N[C@@H](COCc1ccccc1)C(=O)OC[C@H](C)[C@@H](O)[C@@H](C)C(=O)O)[C@@H](C)O. The Balaban J connectivity index is 2.95. The lowest BCUT2D eigenvalue weighted by Gasteiger charge is -2.27. The Bertz CT molecular complexity index is 910. The van der Waals surface area contributed by atoms with E-state index in [4.69, 9.17) is 20.3 Å². The van der Waals surface area contributed by atoms with Gasteiger partial charge in [0.2, 0.25) is 11.8 Å². The van der Waals surface area contributed by atoms with E-state index in [-0.39, 0.29) is 25.7 Å². The number of benzene rings is 1. The van der Waals surface area contributed by atoms with Gasteiger partial charge in [-0.25, -0.2) is 4.79 Å². The number of nitrogens with two attached hydrogens (primary N) is 1. The van der Waals surface area contributed by atoms with Gasteiger partial charge >= 0.3 is 11.9 Å². The van der Waals surface area contributed by atoms with Crippen molar-refractivity contribution < 1.29 is 44.0 Å². The zero-order chi connectivity index (χ0) is 29.0. The number of hydrogen-bond donors (Lipinski definition) is 6. The van der Waals surface area contributed by atoms with E-state index < -0.39 is 65.9 Å². The number of carboxylic acid groups (broad SMARTS) is 1. The van der Waals surface area contributed by atoms with Gasteiger partial charge in [-0.05, 0) is 25.3 Å². The maximum Gasteiger partial charge on any atom is 0.331 e. The van der Waals surface area contributed by atoms with Crippen molar-refractivity contribution in [3.05, 3.63) is 35.9 Å². The van der Waals surface area contributed by atoms with Gasteiger partial charge in [-0.3, -0.25) is 14.4 Å². The smallest absolute Gasteiger partial charge is 0.331 e. The lowest BCUT2D eigenvalue weighted by Crippen LogP contribution is -2.59. The maximum absolute atomic E-state index is 13.0. The molecule has 0 saturated heterocycles. The first kappa shape index (κ1) is 33.0. The number of ether oxygens (including phenoxy) is 2. The zero-order valence-corrected chi connectivity index (χ0v) is 22.5. The van der Waals surface area contributed by atoms with Crippen LogP contribution in [0.25, 0.3) is 0 Å². The van der Waals surface area contributed by atoms with Crippen LogP contribution in [-0.2, 0) is 35.3 Å². The molecule has 0 fully saturated rings. The normalized spacial score (nSPS) is 16.9. The van der Waals surface area contributed by atoms with Crippen molar-refractivity contribution in [1.82, 2.24) is 10.6 Å². The summed E-state index contributed by atoms with van der Waals surface area (Å²) in [6.07, 6.45) is -2.59. The number of esters is 1. The Hall–Kier alpha value is -3.06. The van der Waals surface area contributed by atoms with Crippen molar-refractivity contribution in [1.29, 1.82) is 0 Å². The third-order valence-electron chi connectivity index (χ3n) is 6.05. The van der Waals surface area contributed by atoms with Crippen molar-refractivity contribution in [2.45, 2.75) is 71.6 Å². The van der Waals surface area contributed by atoms with Crippen LogP contribution in [0.15, 0.2) is 30.3 Å². The number of aliphatic carboxylic acids is 1. The number of hydrogen-bond acceptors (Lipinski definition) is 9. The van der Waals surface area contributed by atoms with E-state index in [9.17, 15) is 29.4 Å². The molecule has 0 unspecified atom stereocenters. The summed E-state index contributed by atoms with van der Waals surface area (Å²) < 4.78 is 10.9. The zero-order valence-electron chi connectivity index (χ0n) is 22.5. The van der Waals surface area contributed by atoms with Crippen LogP contribution in [0.2, 0.25) is 0 Å². The molecule has 0 aliphatic heterocycles. The molecule has 12 nitrogen and oxygen atoms in total. The predicted octanol–water partition coefficient (Wildman–Crippen LogP) is -0.202. The fourth-order valence-electron chi connectivity index (χ4n) is 3.31. The van der Waals surface area contributed by atoms with E-state index in [1.54, 1.807) is 13.8 Å². The van der Waals surface area contributed by atoms with E-state index in [1.165, 1.54) is 20.8 Å². The van der Waals surface area contributed by atoms with Gasteiger partial charge in [0.05, 0.1) is 44.0 Å². The highest BCUT2D eigenvalue weighted by Gasteiger charge is 2.33. The number of aliphatic hydroxyl groups excluding tert-OH is 2. The molecule has 0 radical (unpaired) electrons. The monoisotopic (exact) mass is 539 g/mol. The Morgan fingerprint density at radius 3 is 2.05 bits per heavy atom. The van der Waals surface area contributed by atoms with Gasteiger partial charge in [-0.2, -0.15) is 0 Å². The average molecular weight is 540 g/mol. The molecule has 12 heteroatoms. The standard InChI is InChI=1S/C26H41N3O9/c1-14(2)20(27)23(32)29-21(17(5)30)24(33)28-19(13-37-12-18-9-7-6-8-10-18)26(36)38-11-15(3)22(31)16(4)25(34)35/h6-10,14-17,19-22,30-31H,11-13,27H2,1-5H3,(H,28,33)(H,29,32)(H,34,35)/t15-,16+,17+,19-,20-,21-,22+/m0/s1. The first-order valence-corrected chi connectivity index (χ1v) is 12.5. The fraction of sp³-hybridized carbons (Fsp3) is 0.615. The highest BCUT2D eigenvalue weighted by atomic mass is 16.5. The van der Waals surface area contributed by atoms with Gasteiger partial charge < -0.3 is 41.2 Å². The van der Waals surface area contributed by atoms with Crippen LogP contribution < -0.4 is 16.4 Å². The first-order valence-electron chi connectivity index (χ1n) is 12.5. The van der Waals surface area contributed by atoms with Crippen LogP contribution in [0.4, 0.5) is 0 Å². The van der Waals surface area contributed by atoms with E-state index >= 15 is 0 Å². The average Bonchev–Trinajstić information content (AvgIpc) is 2.87. The molecular weight excluding hydrogens is 498 g/mol. The third kappa shape index (κ3) is 10.7. The summed E-state index contributed by atoms with van der Waals surface area (Å²) in [4.78, 5) is 49.4. The van der Waals surface area contributed by atoms with Gasteiger partial charge in [0, 0.05) is 5.92 Å². The Kier molecular flexibility index (Phi) is 13.9. The van der Waals surface area contributed by atoms with Gasteiger partial charge in [0.25, 0.3) is 0 Å². The van der Waals surface area contributed by atoms with Crippen LogP contribution in [0.5, 0.6) is 0 Å². The van der Waals surface area contributed by atoms with Gasteiger partial charge in [-0.15, -0.1) is 0 Å². The van der Waals surface area contributed by atoms with Gasteiger partial charge in [-0.1, -0.05) is 51.1 Å². The number of amides is 2. The van der Waals surface area contributed by atoms with Crippen molar-refractivity contribution in [3.8, 4) is 0 Å². The quantitative estimate of drug-likeness (QED) is 0.153. The molecular formula is C26H41N3O9. The minimum Gasteiger partial charge on any atom is -0.481 e. The molecule has 1 rings (SSSR count). The second kappa shape index (κ2) is 16.0. The van der Waals surface area contributed by atoms with Gasteiger partial charge in [0.15, 0.2) is 6.04 Å². The molecule has 2 amide bonds.